The normalized spacial score (nSPS) is 27.4. The van der Waals surface area contributed by atoms with Crippen LogP contribution in [0.15, 0.2) is 23.8 Å². The van der Waals surface area contributed by atoms with Crippen molar-refractivity contribution in [1.82, 2.24) is 4.90 Å². The molecule has 2 rings (SSSR count). The van der Waals surface area contributed by atoms with Gasteiger partial charge in [-0.1, -0.05) is 56.9 Å². The number of carbonyl (C=O) groups is 1. The van der Waals surface area contributed by atoms with Crippen LogP contribution >= 0.6 is 0 Å². The number of hydrogen-bond acceptors (Lipinski definition) is 3. The van der Waals surface area contributed by atoms with Gasteiger partial charge in [-0.05, 0) is 77.0 Å². The maximum Gasteiger partial charge on any atom is 0.222 e. The summed E-state index contributed by atoms with van der Waals surface area (Å²) in [6.07, 6.45) is 15.7. The van der Waals surface area contributed by atoms with E-state index in [0.717, 1.165) is 38.5 Å². The summed E-state index contributed by atoms with van der Waals surface area (Å²) in [5, 5.41) is 21.0. The van der Waals surface area contributed by atoms with Gasteiger partial charge in [-0.3, -0.25) is 4.79 Å². The fourth-order valence-corrected chi connectivity index (χ4v) is 5.38. The molecule has 1 amide bonds. The Morgan fingerprint density at radius 1 is 1.28 bits per heavy atom. The van der Waals surface area contributed by atoms with E-state index >= 15 is 0 Å². The van der Waals surface area contributed by atoms with Gasteiger partial charge >= 0.3 is 0 Å². The smallest absolute Gasteiger partial charge is 0.222 e. The molecule has 4 heteroatoms. The molecule has 0 saturated heterocycles. The third kappa shape index (κ3) is 8.02. The van der Waals surface area contributed by atoms with E-state index in [4.69, 9.17) is 0 Å². The van der Waals surface area contributed by atoms with Crippen LogP contribution < -0.4 is 0 Å². The van der Waals surface area contributed by atoms with Crippen LogP contribution in [0.1, 0.15) is 98.8 Å². The van der Waals surface area contributed by atoms with E-state index in [-0.39, 0.29) is 23.5 Å². The van der Waals surface area contributed by atoms with Crippen LogP contribution in [0, 0.1) is 23.7 Å². The number of nitrogens with zero attached hydrogens (tertiary/aromatic N) is 1. The van der Waals surface area contributed by atoms with Crippen molar-refractivity contribution in [2.75, 3.05) is 7.05 Å². The molecule has 1 saturated carbocycles. The lowest BCUT2D eigenvalue weighted by Gasteiger charge is -2.32. The number of hydrogen-bond donors (Lipinski definition) is 2. The molecule has 32 heavy (non-hydrogen) atoms. The molecule has 0 spiro atoms. The molecular weight excluding hydrogens is 398 g/mol. The average Bonchev–Trinajstić information content (AvgIpc) is 3.22. The second-order valence-electron chi connectivity index (χ2n) is 11.5. The average molecular weight is 448 g/mol. The highest BCUT2D eigenvalue weighted by Crippen LogP contribution is 2.48. The number of aliphatic hydroxyl groups excluding tert-OH is 2. The summed E-state index contributed by atoms with van der Waals surface area (Å²) in [6.45, 7) is 10.6. The number of allylic oxidation sites excluding steroid dienone is 2. The van der Waals surface area contributed by atoms with Crippen molar-refractivity contribution < 1.29 is 15.0 Å². The molecule has 2 aliphatic carbocycles. The van der Waals surface area contributed by atoms with Crippen molar-refractivity contribution in [3.05, 3.63) is 23.8 Å². The highest BCUT2D eigenvalue weighted by atomic mass is 16.3. The van der Waals surface area contributed by atoms with Crippen LogP contribution in [0.3, 0.4) is 0 Å². The van der Waals surface area contributed by atoms with Crippen molar-refractivity contribution >= 4 is 5.91 Å². The van der Waals surface area contributed by atoms with Gasteiger partial charge < -0.3 is 15.1 Å². The summed E-state index contributed by atoms with van der Waals surface area (Å²) < 4.78 is 0. The summed E-state index contributed by atoms with van der Waals surface area (Å²) in [4.78, 5) is 14.2. The van der Waals surface area contributed by atoms with E-state index in [0.29, 0.717) is 24.2 Å². The molecule has 0 bridgehead atoms. The summed E-state index contributed by atoms with van der Waals surface area (Å²) in [5.74, 6) is 1.84. The van der Waals surface area contributed by atoms with Crippen molar-refractivity contribution in [3.8, 4) is 0 Å². The molecule has 1 fully saturated rings. The fourth-order valence-electron chi connectivity index (χ4n) is 5.38. The van der Waals surface area contributed by atoms with Crippen LogP contribution in [0.25, 0.3) is 0 Å². The third-order valence-corrected chi connectivity index (χ3v) is 7.72. The van der Waals surface area contributed by atoms with Crippen molar-refractivity contribution in [1.29, 1.82) is 0 Å². The first kappa shape index (κ1) is 27.1. The number of rotatable bonds is 12. The van der Waals surface area contributed by atoms with Crippen molar-refractivity contribution in [2.45, 2.75) is 117 Å². The minimum atomic E-state index is -0.411. The predicted molar refractivity (Wildman–Crippen MR) is 133 cm³/mol. The van der Waals surface area contributed by atoms with E-state index in [9.17, 15) is 15.0 Å². The second-order valence-corrected chi connectivity index (χ2v) is 11.5. The molecule has 0 aromatic carbocycles. The minimum absolute atomic E-state index is 0.118. The van der Waals surface area contributed by atoms with Crippen LogP contribution in [-0.2, 0) is 4.79 Å². The number of fused-ring (bicyclic) bond motifs is 1. The van der Waals surface area contributed by atoms with Crippen LogP contribution in [0.4, 0.5) is 0 Å². The number of aliphatic hydroxyl groups is 2. The van der Waals surface area contributed by atoms with Gasteiger partial charge in [0.25, 0.3) is 0 Å². The molecule has 0 unspecified atom stereocenters. The van der Waals surface area contributed by atoms with E-state index in [1.54, 1.807) is 0 Å². The first-order chi connectivity index (χ1) is 15.0. The molecule has 0 radical (unpaired) electrons. The molecule has 0 aromatic rings. The van der Waals surface area contributed by atoms with E-state index in [1.807, 2.05) is 18.0 Å². The Morgan fingerprint density at radius 3 is 2.66 bits per heavy atom. The van der Waals surface area contributed by atoms with Gasteiger partial charge in [0.2, 0.25) is 5.91 Å². The van der Waals surface area contributed by atoms with Crippen LogP contribution in [-0.4, -0.2) is 45.8 Å². The van der Waals surface area contributed by atoms with Crippen LogP contribution in [0.2, 0.25) is 0 Å². The predicted octanol–water partition coefficient (Wildman–Crippen LogP) is 5.88. The second kappa shape index (κ2) is 12.4. The van der Waals surface area contributed by atoms with Gasteiger partial charge in [0.05, 0.1) is 12.2 Å². The topological polar surface area (TPSA) is 60.8 Å². The first-order valence-electron chi connectivity index (χ1n) is 13.0. The standard InChI is InChI=1S/C28H49NO3/c1-7-8-11-20(2)16-23(30)14-15-24-25-18-21(17-22(25)19-26(24)31)12-9-10-13-27(32)29(6)28(3,4)5/h14-15,17,20,22-26,30-31H,7-13,16,18-19H2,1-6H3/b15-14+/t20-,22-,23+,24+,25-,26+/m0/s1. The van der Waals surface area contributed by atoms with Gasteiger partial charge in [-0.25, -0.2) is 0 Å². The van der Waals surface area contributed by atoms with E-state index < -0.39 is 6.10 Å². The molecule has 2 aliphatic rings. The van der Waals surface area contributed by atoms with Gasteiger partial charge in [0.1, 0.15) is 0 Å². The molecular formula is C28H49NO3. The molecule has 184 valence electrons. The van der Waals surface area contributed by atoms with Gasteiger partial charge in [0, 0.05) is 24.9 Å². The van der Waals surface area contributed by atoms with Crippen LogP contribution in [0.5, 0.6) is 0 Å². The zero-order valence-electron chi connectivity index (χ0n) is 21.5. The molecule has 2 N–H and O–H groups in total. The van der Waals surface area contributed by atoms with Gasteiger partial charge in [-0.15, -0.1) is 0 Å². The monoisotopic (exact) mass is 447 g/mol. The largest absolute Gasteiger partial charge is 0.392 e. The Hall–Kier alpha value is -1.13. The Bertz CT molecular complexity index is 648. The lowest BCUT2D eigenvalue weighted by atomic mass is 9.88. The Morgan fingerprint density at radius 2 is 2.00 bits per heavy atom. The van der Waals surface area contributed by atoms with E-state index in [1.165, 1.54) is 24.8 Å². The Labute approximate surface area is 197 Å². The molecule has 0 heterocycles. The fraction of sp³-hybridized carbons (Fsp3) is 0.821. The Balaban J connectivity index is 1.76. The van der Waals surface area contributed by atoms with Gasteiger partial charge in [-0.2, -0.15) is 0 Å². The summed E-state index contributed by atoms with van der Waals surface area (Å²) in [5.41, 5.74) is 1.38. The van der Waals surface area contributed by atoms with E-state index in [2.05, 4.69) is 46.8 Å². The maximum absolute atomic E-state index is 12.3. The highest BCUT2D eigenvalue weighted by Gasteiger charge is 2.43. The lowest BCUT2D eigenvalue weighted by molar-refractivity contribution is -0.134. The number of amides is 1. The summed E-state index contributed by atoms with van der Waals surface area (Å²) in [7, 11) is 1.89. The summed E-state index contributed by atoms with van der Waals surface area (Å²) >= 11 is 0. The lowest BCUT2D eigenvalue weighted by Crippen LogP contribution is -2.42. The highest BCUT2D eigenvalue weighted by molar-refractivity contribution is 5.76. The Kier molecular flexibility index (Phi) is 10.5. The minimum Gasteiger partial charge on any atom is -0.392 e. The number of unbranched alkanes of at least 4 members (excludes halogenated alkanes) is 2. The third-order valence-electron chi connectivity index (χ3n) is 7.72. The SMILES string of the molecule is CCCC[C@H](C)C[C@H](O)/C=C/[C@@H]1[C@H]2CC(CCCCC(=O)N(C)C(C)(C)C)=C[C@H]2C[C@H]1O. The molecule has 4 nitrogen and oxygen atoms in total. The quantitative estimate of drug-likeness (QED) is 0.290. The molecule has 0 aromatic heterocycles. The van der Waals surface area contributed by atoms with Crippen molar-refractivity contribution in [2.24, 2.45) is 23.7 Å². The van der Waals surface area contributed by atoms with Gasteiger partial charge in [0.15, 0.2) is 0 Å². The number of carbonyl (C=O) groups excluding carboxylic acids is 1. The maximum atomic E-state index is 12.3. The zero-order chi connectivity index (χ0) is 23.9. The zero-order valence-corrected chi connectivity index (χ0v) is 21.5. The van der Waals surface area contributed by atoms with Crippen molar-refractivity contribution in [3.63, 3.8) is 0 Å². The molecule has 6 atom stereocenters. The summed E-state index contributed by atoms with van der Waals surface area (Å²) in [6, 6.07) is 0. The molecule has 0 aliphatic heterocycles. The first-order valence-corrected chi connectivity index (χ1v) is 13.0.